The van der Waals surface area contributed by atoms with Crippen molar-refractivity contribution in [1.29, 1.82) is 0 Å². The third-order valence-corrected chi connectivity index (χ3v) is 4.28. The van der Waals surface area contributed by atoms with Gasteiger partial charge in [-0.2, -0.15) is 0 Å². The van der Waals surface area contributed by atoms with Crippen LogP contribution in [0.25, 0.3) is 0 Å². The Labute approximate surface area is 115 Å². The molecule has 1 amide bonds. The van der Waals surface area contributed by atoms with Gasteiger partial charge in [0.05, 0.1) is 0 Å². The Balaban J connectivity index is 1.98. The van der Waals surface area contributed by atoms with Gasteiger partial charge >= 0.3 is 0 Å². The first kappa shape index (κ1) is 14.1. The Hall–Kier alpha value is -1.35. The number of amides is 1. The third kappa shape index (κ3) is 3.35. The van der Waals surface area contributed by atoms with E-state index in [4.69, 9.17) is 5.73 Å². The van der Waals surface area contributed by atoms with E-state index in [0.717, 1.165) is 37.9 Å². The van der Waals surface area contributed by atoms with Crippen LogP contribution in [0.1, 0.15) is 31.2 Å². The summed E-state index contributed by atoms with van der Waals surface area (Å²) in [6.45, 7) is 2.81. The summed E-state index contributed by atoms with van der Waals surface area (Å²) in [5.41, 5.74) is 7.89. The van der Waals surface area contributed by atoms with Crippen LogP contribution < -0.4 is 10.6 Å². The van der Waals surface area contributed by atoms with E-state index in [-0.39, 0.29) is 11.8 Å². The fourth-order valence-electron chi connectivity index (χ4n) is 2.81. The summed E-state index contributed by atoms with van der Waals surface area (Å²) in [6.07, 6.45) is 4.15. The predicted molar refractivity (Wildman–Crippen MR) is 79.1 cm³/mol. The number of rotatable bonds is 3. The van der Waals surface area contributed by atoms with Crippen molar-refractivity contribution in [2.45, 2.75) is 32.6 Å². The summed E-state index contributed by atoms with van der Waals surface area (Å²) in [4.78, 5) is 14.3. The van der Waals surface area contributed by atoms with Gasteiger partial charge in [-0.25, -0.2) is 0 Å². The van der Waals surface area contributed by atoms with Gasteiger partial charge in [-0.3, -0.25) is 4.79 Å². The fourth-order valence-corrected chi connectivity index (χ4v) is 2.81. The summed E-state index contributed by atoms with van der Waals surface area (Å²) in [7, 11) is 1.88. The van der Waals surface area contributed by atoms with E-state index < -0.39 is 0 Å². The summed E-state index contributed by atoms with van der Waals surface area (Å²) >= 11 is 0. The summed E-state index contributed by atoms with van der Waals surface area (Å²) in [6, 6.07) is 8.12. The van der Waals surface area contributed by atoms with Gasteiger partial charge in [0, 0.05) is 18.7 Å². The number of hydrogen-bond donors (Lipinski definition) is 1. The molecule has 0 saturated heterocycles. The lowest BCUT2D eigenvalue weighted by Crippen LogP contribution is -2.35. The van der Waals surface area contributed by atoms with Crippen LogP contribution in [0.4, 0.5) is 5.69 Å². The van der Waals surface area contributed by atoms with Crippen LogP contribution in [-0.2, 0) is 4.79 Å². The Morgan fingerprint density at radius 2 is 1.79 bits per heavy atom. The first-order valence-corrected chi connectivity index (χ1v) is 7.16. The predicted octanol–water partition coefficient (Wildman–Crippen LogP) is 2.72. The normalized spacial score (nSPS) is 23.1. The zero-order valence-corrected chi connectivity index (χ0v) is 11.9. The van der Waals surface area contributed by atoms with E-state index >= 15 is 0 Å². The minimum atomic E-state index is 0.175. The minimum Gasteiger partial charge on any atom is -0.330 e. The van der Waals surface area contributed by atoms with E-state index in [1.165, 1.54) is 5.56 Å². The highest BCUT2D eigenvalue weighted by Crippen LogP contribution is 2.30. The van der Waals surface area contributed by atoms with Crippen LogP contribution >= 0.6 is 0 Å². The van der Waals surface area contributed by atoms with Crippen molar-refractivity contribution in [1.82, 2.24) is 0 Å². The number of nitrogens with zero attached hydrogens (tertiary/aromatic N) is 1. The first-order valence-electron chi connectivity index (χ1n) is 7.16. The lowest BCUT2D eigenvalue weighted by molar-refractivity contribution is -0.123. The van der Waals surface area contributed by atoms with Crippen LogP contribution in [-0.4, -0.2) is 19.5 Å². The highest BCUT2D eigenvalue weighted by Gasteiger charge is 2.28. The molecule has 3 nitrogen and oxygen atoms in total. The first-order chi connectivity index (χ1) is 9.11. The second kappa shape index (κ2) is 6.20. The molecule has 3 heteroatoms. The number of aryl methyl sites for hydroxylation is 1. The summed E-state index contributed by atoms with van der Waals surface area (Å²) in [5, 5.41) is 0. The molecule has 0 aliphatic heterocycles. The number of benzene rings is 1. The maximum Gasteiger partial charge on any atom is 0.229 e. The minimum absolute atomic E-state index is 0.175. The number of carbonyl (C=O) groups is 1. The molecule has 0 atom stereocenters. The van der Waals surface area contributed by atoms with Crippen molar-refractivity contribution in [3.05, 3.63) is 29.8 Å². The molecule has 0 spiro atoms. The molecule has 19 heavy (non-hydrogen) atoms. The average Bonchev–Trinajstić information content (AvgIpc) is 2.46. The summed E-state index contributed by atoms with van der Waals surface area (Å²) < 4.78 is 0. The molecule has 2 N–H and O–H groups in total. The Morgan fingerprint density at radius 1 is 1.21 bits per heavy atom. The van der Waals surface area contributed by atoms with Crippen molar-refractivity contribution in [2.24, 2.45) is 17.6 Å². The standard InChI is InChI=1S/C16H24N2O/c1-12-3-9-15(10-4-12)18(2)16(19)14-7-5-13(11-17)6-8-14/h3-4,9-10,13-14H,5-8,11,17H2,1-2H3. The number of hydrogen-bond acceptors (Lipinski definition) is 2. The van der Waals surface area contributed by atoms with Crippen LogP contribution in [0.15, 0.2) is 24.3 Å². The molecular formula is C16H24N2O. The zero-order chi connectivity index (χ0) is 13.8. The maximum atomic E-state index is 12.5. The van der Waals surface area contributed by atoms with Crippen LogP contribution in [0.5, 0.6) is 0 Å². The molecule has 1 aliphatic rings. The number of nitrogens with two attached hydrogens (primary N) is 1. The second-order valence-electron chi connectivity index (χ2n) is 5.69. The fraction of sp³-hybridized carbons (Fsp3) is 0.562. The van der Waals surface area contributed by atoms with Crippen molar-refractivity contribution < 1.29 is 4.79 Å². The molecule has 1 aromatic carbocycles. The zero-order valence-electron chi connectivity index (χ0n) is 11.9. The van der Waals surface area contributed by atoms with E-state index in [0.29, 0.717) is 5.92 Å². The van der Waals surface area contributed by atoms with Gasteiger partial charge in [0.15, 0.2) is 0 Å². The van der Waals surface area contributed by atoms with Gasteiger partial charge in [-0.1, -0.05) is 17.7 Å². The monoisotopic (exact) mass is 260 g/mol. The number of anilines is 1. The van der Waals surface area contributed by atoms with Gasteiger partial charge in [0.25, 0.3) is 0 Å². The van der Waals surface area contributed by atoms with Crippen LogP contribution in [0.3, 0.4) is 0 Å². The molecule has 1 aromatic rings. The molecule has 1 fully saturated rings. The number of carbonyl (C=O) groups excluding carboxylic acids is 1. The highest BCUT2D eigenvalue weighted by atomic mass is 16.2. The Bertz CT molecular complexity index is 419. The second-order valence-corrected chi connectivity index (χ2v) is 5.69. The lowest BCUT2D eigenvalue weighted by atomic mass is 9.81. The smallest absolute Gasteiger partial charge is 0.229 e. The van der Waals surface area contributed by atoms with Gasteiger partial charge in [-0.05, 0) is 57.2 Å². The molecule has 104 valence electrons. The molecule has 1 saturated carbocycles. The molecular weight excluding hydrogens is 236 g/mol. The molecule has 2 rings (SSSR count). The Kier molecular flexibility index (Phi) is 4.59. The maximum absolute atomic E-state index is 12.5. The van der Waals surface area contributed by atoms with Crippen LogP contribution in [0, 0.1) is 18.8 Å². The van der Waals surface area contributed by atoms with E-state index in [1.807, 2.05) is 31.3 Å². The van der Waals surface area contributed by atoms with E-state index in [1.54, 1.807) is 4.90 Å². The van der Waals surface area contributed by atoms with E-state index in [2.05, 4.69) is 6.92 Å². The molecule has 0 unspecified atom stereocenters. The largest absolute Gasteiger partial charge is 0.330 e. The molecule has 0 aromatic heterocycles. The molecule has 1 aliphatic carbocycles. The molecule has 0 bridgehead atoms. The summed E-state index contributed by atoms with van der Waals surface area (Å²) in [5.74, 6) is 1.04. The SMILES string of the molecule is Cc1ccc(N(C)C(=O)C2CCC(CN)CC2)cc1. The third-order valence-electron chi connectivity index (χ3n) is 4.28. The topological polar surface area (TPSA) is 46.3 Å². The van der Waals surface area contributed by atoms with E-state index in [9.17, 15) is 4.79 Å². The highest BCUT2D eigenvalue weighted by molar-refractivity contribution is 5.94. The average molecular weight is 260 g/mol. The van der Waals surface area contributed by atoms with Crippen molar-refractivity contribution >= 4 is 11.6 Å². The van der Waals surface area contributed by atoms with Crippen LogP contribution in [0.2, 0.25) is 0 Å². The van der Waals surface area contributed by atoms with Crippen molar-refractivity contribution in [2.75, 3.05) is 18.5 Å². The molecule has 0 heterocycles. The quantitative estimate of drug-likeness (QED) is 0.908. The van der Waals surface area contributed by atoms with Crippen molar-refractivity contribution in [3.63, 3.8) is 0 Å². The van der Waals surface area contributed by atoms with Gasteiger partial charge in [0.1, 0.15) is 0 Å². The van der Waals surface area contributed by atoms with Gasteiger partial charge in [-0.15, -0.1) is 0 Å². The molecule has 0 radical (unpaired) electrons. The van der Waals surface area contributed by atoms with Gasteiger partial charge in [0.2, 0.25) is 5.91 Å². The van der Waals surface area contributed by atoms with Crippen molar-refractivity contribution in [3.8, 4) is 0 Å². The lowest BCUT2D eigenvalue weighted by Gasteiger charge is -2.30. The Morgan fingerprint density at radius 3 is 2.32 bits per heavy atom. The van der Waals surface area contributed by atoms with Gasteiger partial charge < -0.3 is 10.6 Å².